The molecule has 2 heterocycles. The zero-order valence-electron chi connectivity index (χ0n) is 13.8. The van der Waals surface area contributed by atoms with Gasteiger partial charge in [0.25, 0.3) is 6.47 Å². The lowest BCUT2D eigenvalue weighted by Crippen LogP contribution is -2.56. The summed E-state index contributed by atoms with van der Waals surface area (Å²) in [6.07, 6.45) is 1.62. The second-order valence-corrected chi connectivity index (χ2v) is 6.71. The molecule has 1 aromatic carbocycles. The van der Waals surface area contributed by atoms with Crippen LogP contribution in [0.15, 0.2) is 18.2 Å². The van der Waals surface area contributed by atoms with E-state index in [9.17, 15) is 14.9 Å². The molecule has 1 saturated heterocycles. The summed E-state index contributed by atoms with van der Waals surface area (Å²) in [5, 5.41) is 9.20. The molecule has 2 aliphatic rings. The van der Waals surface area contributed by atoms with E-state index < -0.39 is 17.7 Å². The van der Waals surface area contributed by atoms with Crippen molar-refractivity contribution in [2.45, 2.75) is 50.9 Å². The number of rotatable bonds is 3. The molecule has 2 atom stereocenters. The zero-order chi connectivity index (χ0) is 17.3. The molecule has 0 bridgehead atoms. The highest BCUT2D eigenvalue weighted by atomic mass is 16.6. The van der Waals surface area contributed by atoms with Crippen molar-refractivity contribution in [2.24, 2.45) is 0 Å². The monoisotopic (exact) mass is 328 g/mol. The molecule has 0 saturated carbocycles. The second kappa shape index (κ2) is 6.16. The molecule has 0 spiro atoms. The molecule has 0 radical (unpaired) electrons. The lowest BCUT2D eigenvalue weighted by molar-refractivity contribution is -0.164. The van der Waals surface area contributed by atoms with E-state index in [-0.39, 0.29) is 5.91 Å². The zero-order valence-corrected chi connectivity index (χ0v) is 13.8. The molecule has 6 nitrogen and oxygen atoms in total. The highest BCUT2D eigenvalue weighted by molar-refractivity contribution is 5.78. The van der Waals surface area contributed by atoms with E-state index in [0.717, 1.165) is 18.4 Å². The van der Waals surface area contributed by atoms with Crippen LogP contribution >= 0.6 is 0 Å². The Labute approximate surface area is 141 Å². The van der Waals surface area contributed by atoms with Crippen molar-refractivity contribution in [1.29, 1.82) is 5.26 Å². The Bertz CT molecular complexity index is 707. The fourth-order valence-electron chi connectivity index (χ4n) is 3.58. The van der Waals surface area contributed by atoms with Gasteiger partial charge in [-0.05, 0) is 44.9 Å². The van der Waals surface area contributed by atoms with E-state index in [1.165, 1.54) is 0 Å². The molecular formula is C18H20N2O4. The smallest absolute Gasteiger partial charge is 0.293 e. The molecule has 2 aliphatic heterocycles. The number of hydrogen-bond donors (Lipinski definition) is 0. The number of likely N-dealkylation sites (tertiary alicyclic amines) is 1. The van der Waals surface area contributed by atoms with Gasteiger partial charge in [0.1, 0.15) is 17.4 Å². The van der Waals surface area contributed by atoms with E-state index in [1.807, 2.05) is 13.8 Å². The number of amides is 1. The average molecular weight is 328 g/mol. The summed E-state index contributed by atoms with van der Waals surface area (Å²) in [6, 6.07) is 6.81. The Morgan fingerprint density at radius 1 is 1.42 bits per heavy atom. The first-order chi connectivity index (χ1) is 11.5. The lowest BCUT2D eigenvalue weighted by Gasteiger charge is -2.48. The molecule has 1 amide bonds. The first-order valence-electron chi connectivity index (χ1n) is 8.09. The molecule has 1 fully saturated rings. The molecule has 0 N–H and O–H groups in total. The van der Waals surface area contributed by atoms with Crippen molar-refractivity contribution in [3.8, 4) is 11.8 Å². The van der Waals surface area contributed by atoms with Crippen LogP contribution in [0.25, 0.3) is 0 Å². The quantitative estimate of drug-likeness (QED) is 0.796. The van der Waals surface area contributed by atoms with Crippen molar-refractivity contribution in [3.63, 3.8) is 0 Å². The lowest BCUT2D eigenvalue weighted by atomic mass is 9.84. The summed E-state index contributed by atoms with van der Waals surface area (Å²) in [7, 11) is 0. The summed E-state index contributed by atoms with van der Waals surface area (Å²) in [4.78, 5) is 25.3. The molecule has 0 unspecified atom stereocenters. The van der Waals surface area contributed by atoms with E-state index in [2.05, 4.69) is 6.07 Å². The summed E-state index contributed by atoms with van der Waals surface area (Å²) in [5.74, 6) is 0.657. The minimum atomic E-state index is -0.787. The van der Waals surface area contributed by atoms with Gasteiger partial charge in [-0.2, -0.15) is 5.26 Å². The summed E-state index contributed by atoms with van der Waals surface area (Å²) in [5.41, 5.74) is 0.414. The molecular weight excluding hydrogens is 308 g/mol. The van der Waals surface area contributed by atoms with Crippen LogP contribution in [0.3, 0.4) is 0 Å². The number of carbonyl (C=O) groups excluding carboxylic acids is 2. The third kappa shape index (κ3) is 2.71. The fraction of sp³-hybridized carbons (Fsp3) is 0.500. The van der Waals surface area contributed by atoms with Gasteiger partial charge in [0.15, 0.2) is 6.10 Å². The molecule has 0 aliphatic carbocycles. The highest BCUT2D eigenvalue weighted by Gasteiger charge is 2.49. The first-order valence-corrected chi connectivity index (χ1v) is 8.09. The van der Waals surface area contributed by atoms with Crippen LogP contribution in [-0.4, -0.2) is 35.5 Å². The normalized spacial score (nSPS) is 25.2. The van der Waals surface area contributed by atoms with Crippen LogP contribution in [-0.2, 0) is 14.3 Å². The number of hydrogen-bond acceptors (Lipinski definition) is 5. The van der Waals surface area contributed by atoms with Crippen LogP contribution in [0.5, 0.6) is 5.75 Å². The van der Waals surface area contributed by atoms with Crippen molar-refractivity contribution in [2.75, 3.05) is 6.54 Å². The molecule has 126 valence electrons. The van der Waals surface area contributed by atoms with Crippen LogP contribution in [0.4, 0.5) is 0 Å². The third-order valence-electron chi connectivity index (χ3n) is 4.70. The third-order valence-corrected chi connectivity index (χ3v) is 4.70. The number of piperidine rings is 1. The summed E-state index contributed by atoms with van der Waals surface area (Å²) in [6.45, 7) is 4.68. The maximum atomic E-state index is 12.5. The number of nitriles is 1. The highest BCUT2D eigenvalue weighted by Crippen LogP contribution is 2.45. The Morgan fingerprint density at radius 2 is 2.21 bits per heavy atom. The van der Waals surface area contributed by atoms with Crippen molar-refractivity contribution < 1.29 is 19.1 Å². The average Bonchev–Trinajstić information content (AvgIpc) is 2.56. The van der Waals surface area contributed by atoms with Crippen molar-refractivity contribution >= 4 is 12.4 Å². The first kappa shape index (κ1) is 16.3. The van der Waals surface area contributed by atoms with Gasteiger partial charge < -0.3 is 14.4 Å². The van der Waals surface area contributed by atoms with Gasteiger partial charge in [-0.25, -0.2) is 0 Å². The van der Waals surface area contributed by atoms with E-state index in [4.69, 9.17) is 9.47 Å². The van der Waals surface area contributed by atoms with Gasteiger partial charge in [-0.15, -0.1) is 0 Å². The maximum absolute atomic E-state index is 12.5. The van der Waals surface area contributed by atoms with Crippen LogP contribution in [0.2, 0.25) is 0 Å². The second-order valence-electron chi connectivity index (χ2n) is 6.71. The number of carbonyl (C=O) groups is 2. The summed E-state index contributed by atoms with van der Waals surface area (Å²) >= 11 is 0. The summed E-state index contributed by atoms with van der Waals surface area (Å²) < 4.78 is 11.4. The van der Waals surface area contributed by atoms with E-state index in [1.54, 1.807) is 23.1 Å². The minimum Gasteiger partial charge on any atom is -0.484 e. The van der Waals surface area contributed by atoms with Crippen molar-refractivity contribution in [3.05, 3.63) is 29.3 Å². The van der Waals surface area contributed by atoms with Crippen LogP contribution in [0.1, 0.15) is 50.3 Å². The Balaban J connectivity index is 2.14. The molecule has 1 aromatic rings. The Hall–Kier alpha value is -2.55. The minimum absolute atomic E-state index is 0.0387. The Morgan fingerprint density at radius 3 is 2.88 bits per heavy atom. The number of fused-ring (bicyclic) bond motifs is 1. The van der Waals surface area contributed by atoms with E-state index in [0.29, 0.717) is 30.8 Å². The van der Waals surface area contributed by atoms with Gasteiger partial charge in [-0.3, -0.25) is 9.59 Å². The van der Waals surface area contributed by atoms with Crippen LogP contribution < -0.4 is 4.74 Å². The van der Waals surface area contributed by atoms with Gasteiger partial charge in [-0.1, -0.05) is 0 Å². The standard InChI is InChI=1S/C18H20N2O4/c1-18(2)17(23-11-21)16(20-8-4-3-5-15(20)22)13-9-12(10-19)6-7-14(13)24-18/h6-7,9,11,16-17H,3-5,8H2,1-2H3/t16-,17+/m1/s1. The van der Waals surface area contributed by atoms with Gasteiger partial charge in [0.2, 0.25) is 5.91 Å². The predicted octanol–water partition coefficient (Wildman–Crippen LogP) is 2.32. The van der Waals surface area contributed by atoms with Gasteiger partial charge in [0, 0.05) is 18.5 Å². The number of benzene rings is 1. The molecule has 6 heteroatoms. The Kier molecular flexibility index (Phi) is 4.18. The topological polar surface area (TPSA) is 79.6 Å². The fourth-order valence-corrected chi connectivity index (χ4v) is 3.58. The van der Waals surface area contributed by atoms with Crippen LogP contribution in [0, 0.1) is 11.3 Å². The SMILES string of the molecule is CC1(C)Oc2ccc(C#N)cc2[C@@H](N2CCCCC2=O)[C@@H]1OC=O. The largest absolute Gasteiger partial charge is 0.484 e. The molecule has 24 heavy (non-hydrogen) atoms. The predicted molar refractivity (Wildman–Crippen MR) is 85.1 cm³/mol. The van der Waals surface area contributed by atoms with Crippen molar-refractivity contribution in [1.82, 2.24) is 4.90 Å². The van der Waals surface area contributed by atoms with E-state index >= 15 is 0 Å². The number of ether oxygens (including phenoxy) is 2. The number of nitrogens with zero attached hydrogens (tertiary/aromatic N) is 2. The molecule has 3 rings (SSSR count). The molecule has 0 aromatic heterocycles. The maximum Gasteiger partial charge on any atom is 0.293 e. The van der Waals surface area contributed by atoms with Gasteiger partial charge in [0.05, 0.1) is 11.6 Å². The van der Waals surface area contributed by atoms with Gasteiger partial charge >= 0.3 is 0 Å².